The summed E-state index contributed by atoms with van der Waals surface area (Å²) in [6.07, 6.45) is -1.09. The summed E-state index contributed by atoms with van der Waals surface area (Å²) < 4.78 is 26.2. The van der Waals surface area contributed by atoms with Crippen LogP contribution in [0.25, 0.3) is 0 Å². The fourth-order valence-corrected chi connectivity index (χ4v) is 2.37. The summed E-state index contributed by atoms with van der Waals surface area (Å²) in [7, 11) is 0. The van der Waals surface area contributed by atoms with Crippen molar-refractivity contribution in [3.05, 3.63) is 69.2 Å². The first-order chi connectivity index (χ1) is 10.4. The van der Waals surface area contributed by atoms with E-state index in [2.05, 4.69) is 5.32 Å². The average Bonchev–Trinajstić information content (AvgIpc) is 2.44. The Kier molecular flexibility index (Phi) is 5.34. The molecule has 2 aromatic carbocycles. The van der Waals surface area contributed by atoms with Crippen molar-refractivity contribution >= 4 is 29.1 Å². The SMILES string of the molecule is O=C(NCC(O)c1ccc(Cl)cc1Cl)c1ccc(F)cc1F. The molecule has 0 heterocycles. The zero-order valence-electron chi connectivity index (χ0n) is 11.1. The summed E-state index contributed by atoms with van der Waals surface area (Å²) in [6, 6.07) is 7.16. The van der Waals surface area contributed by atoms with Crippen molar-refractivity contribution < 1.29 is 18.7 Å². The molecule has 22 heavy (non-hydrogen) atoms. The number of carbonyl (C=O) groups is 1. The van der Waals surface area contributed by atoms with Gasteiger partial charge in [0.2, 0.25) is 0 Å². The van der Waals surface area contributed by atoms with Crippen LogP contribution in [-0.4, -0.2) is 17.6 Å². The molecule has 0 aromatic heterocycles. The number of hydrogen-bond donors (Lipinski definition) is 2. The number of nitrogens with one attached hydrogen (secondary N) is 1. The molecule has 2 rings (SSSR count). The van der Waals surface area contributed by atoms with Gasteiger partial charge in [0.25, 0.3) is 5.91 Å². The second kappa shape index (κ2) is 7.05. The van der Waals surface area contributed by atoms with Crippen molar-refractivity contribution in [2.24, 2.45) is 0 Å². The van der Waals surface area contributed by atoms with Crippen LogP contribution >= 0.6 is 23.2 Å². The summed E-state index contributed by atoms with van der Waals surface area (Å²) in [5, 5.41) is 13.0. The van der Waals surface area contributed by atoms with E-state index in [9.17, 15) is 18.7 Å². The molecule has 0 spiro atoms. The molecular formula is C15H11Cl2F2NO2. The highest BCUT2D eigenvalue weighted by atomic mass is 35.5. The lowest BCUT2D eigenvalue weighted by Gasteiger charge is -2.14. The first-order valence-corrected chi connectivity index (χ1v) is 7.00. The summed E-state index contributed by atoms with van der Waals surface area (Å²) in [6.45, 7) is -0.184. The van der Waals surface area contributed by atoms with Crippen molar-refractivity contribution in [2.75, 3.05) is 6.54 Å². The van der Waals surface area contributed by atoms with Gasteiger partial charge in [-0.2, -0.15) is 0 Å². The van der Waals surface area contributed by atoms with E-state index in [1.54, 1.807) is 6.07 Å². The molecule has 0 bridgehead atoms. The third-order valence-corrected chi connectivity index (χ3v) is 3.52. The van der Waals surface area contributed by atoms with E-state index in [1.807, 2.05) is 0 Å². The van der Waals surface area contributed by atoms with Gasteiger partial charge in [-0.05, 0) is 24.3 Å². The molecule has 0 radical (unpaired) electrons. The molecular weight excluding hydrogens is 335 g/mol. The smallest absolute Gasteiger partial charge is 0.254 e. The van der Waals surface area contributed by atoms with Crippen molar-refractivity contribution in [3.63, 3.8) is 0 Å². The number of halogens is 4. The Morgan fingerprint density at radius 3 is 2.55 bits per heavy atom. The number of hydrogen-bond acceptors (Lipinski definition) is 2. The third-order valence-electron chi connectivity index (χ3n) is 2.95. The molecule has 0 aliphatic rings. The maximum atomic E-state index is 13.5. The number of aliphatic hydroxyl groups excluding tert-OH is 1. The van der Waals surface area contributed by atoms with E-state index in [1.165, 1.54) is 12.1 Å². The molecule has 0 saturated heterocycles. The monoisotopic (exact) mass is 345 g/mol. The number of amides is 1. The molecule has 0 saturated carbocycles. The predicted octanol–water partition coefficient (Wildman–Crippen LogP) is 3.74. The molecule has 1 atom stereocenters. The lowest BCUT2D eigenvalue weighted by atomic mass is 10.1. The molecule has 7 heteroatoms. The van der Waals surface area contributed by atoms with Gasteiger partial charge in [-0.25, -0.2) is 8.78 Å². The highest BCUT2D eigenvalue weighted by Gasteiger charge is 2.16. The molecule has 116 valence electrons. The van der Waals surface area contributed by atoms with Gasteiger partial charge in [0, 0.05) is 28.2 Å². The predicted molar refractivity (Wildman–Crippen MR) is 80.1 cm³/mol. The molecule has 1 amide bonds. The number of aliphatic hydroxyl groups is 1. The second-order valence-electron chi connectivity index (χ2n) is 4.52. The van der Waals surface area contributed by atoms with Crippen LogP contribution in [0.15, 0.2) is 36.4 Å². The highest BCUT2D eigenvalue weighted by Crippen LogP contribution is 2.26. The lowest BCUT2D eigenvalue weighted by molar-refractivity contribution is 0.0912. The standard InChI is InChI=1S/C15H11Cl2F2NO2/c16-8-1-3-10(12(17)5-8)14(21)7-20-15(22)11-4-2-9(18)6-13(11)19/h1-6,14,21H,7H2,(H,20,22). The Morgan fingerprint density at radius 1 is 1.18 bits per heavy atom. The normalized spacial score (nSPS) is 12.0. The zero-order valence-corrected chi connectivity index (χ0v) is 12.6. The average molecular weight is 346 g/mol. The van der Waals surface area contributed by atoms with Crippen LogP contribution in [0.5, 0.6) is 0 Å². The Hall–Kier alpha value is -1.69. The van der Waals surface area contributed by atoms with E-state index < -0.39 is 23.6 Å². The van der Waals surface area contributed by atoms with Gasteiger partial charge in [-0.3, -0.25) is 4.79 Å². The number of carbonyl (C=O) groups excluding carboxylic acids is 1. The van der Waals surface area contributed by atoms with Crippen LogP contribution < -0.4 is 5.32 Å². The van der Waals surface area contributed by atoms with Crippen LogP contribution in [-0.2, 0) is 0 Å². The van der Waals surface area contributed by atoms with Gasteiger partial charge in [0.15, 0.2) is 0 Å². The Bertz CT molecular complexity index is 710. The molecule has 0 fully saturated rings. The molecule has 0 aliphatic heterocycles. The van der Waals surface area contributed by atoms with Gasteiger partial charge in [0.05, 0.1) is 11.7 Å². The highest BCUT2D eigenvalue weighted by molar-refractivity contribution is 6.35. The van der Waals surface area contributed by atoms with Crippen LogP contribution in [0.3, 0.4) is 0 Å². The van der Waals surface area contributed by atoms with Crippen molar-refractivity contribution in [1.82, 2.24) is 5.32 Å². The molecule has 2 aromatic rings. The molecule has 1 unspecified atom stereocenters. The van der Waals surface area contributed by atoms with E-state index in [0.29, 0.717) is 16.7 Å². The zero-order chi connectivity index (χ0) is 16.3. The topological polar surface area (TPSA) is 49.3 Å². The van der Waals surface area contributed by atoms with Crippen molar-refractivity contribution in [3.8, 4) is 0 Å². The maximum Gasteiger partial charge on any atom is 0.254 e. The van der Waals surface area contributed by atoms with Gasteiger partial charge in [-0.15, -0.1) is 0 Å². The van der Waals surface area contributed by atoms with E-state index in [-0.39, 0.29) is 17.1 Å². The first-order valence-electron chi connectivity index (χ1n) is 6.24. The second-order valence-corrected chi connectivity index (χ2v) is 5.36. The van der Waals surface area contributed by atoms with Crippen LogP contribution in [0.1, 0.15) is 22.0 Å². The number of benzene rings is 2. The third kappa shape index (κ3) is 3.94. The van der Waals surface area contributed by atoms with Crippen LogP contribution in [0, 0.1) is 11.6 Å². The van der Waals surface area contributed by atoms with E-state index in [0.717, 1.165) is 12.1 Å². The molecule has 0 aliphatic carbocycles. The van der Waals surface area contributed by atoms with E-state index in [4.69, 9.17) is 23.2 Å². The summed E-state index contributed by atoms with van der Waals surface area (Å²) in [5.74, 6) is -2.51. The summed E-state index contributed by atoms with van der Waals surface area (Å²) in [4.78, 5) is 11.8. The number of rotatable bonds is 4. The fourth-order valence-electron chi connectivity index (χ4n) is 1.84. The maximum absolute atomic E-state index is 13.5. The summed E-state index contributed by atoms with van der Waals surface area (Å²) in [5.41, 5.74) is 0.0711. The Balaban J connectivity index is 2.04. The lowest BCUT2D eigenvalue weighted by Crippen LogP contribution is -2.29. The van der Waals surface area contributed by atoms with Gasteiger partial charge < -0.3 is 10.4 Å². The van der Waals surface area contributed by atoms with Crippen molar-refractivity contribution in [2.45, 2.75) is 6.10 Å². The Morgan fingerprint density at radius 2 is 1.91 bits per heavy atom. The quantitative estimate of drug-likeness (QED) is 0.886. The Labute approximate surface area is 135 Å². The molecule has 3 nitrogen and oxygen atoms in total. The summed E-state index contributed by atoms with van der Waals surface area (Å²) >= 11 is 11.7. The van der Waals surface area contributed by atoms with Gasteiger partial charge >= 0.3 is 0 Å². The van der Waals surface area contributed by atoms with Crippen LogP contribution in [0.4, 0.5) is 8.78 Å². The van der Waals surface area contributed by atoms with Gasteiger partial charge in [0.1, 0.15) is 11.6 Å². The minimum Gasteiger partial charge on any atom is -0.387 e. The van der Waals surface area contributed by atoms with E-state index >= 15 is 0 Å². The first kappa shape index (κ1) is 16.7. The van der Waals surface area contributed by atoms with Crippen LogP contribution in [0.2, 0.25) is 10.0 Å². The minimum absolute atomic E-state index is 0.184. The largest absolute Gasteiger partial charge is 0.387 e. The van der Waals surface area contributed by atoms with Gasteiger partial charge in [-0.1, -0.05) is 29.3 Å². The van der Waals surface area contributed by atoms with Crippen molar-refractivity contribution in [1.29, 1.82) is 0 Å². The molecule has 2 N–H and O–H groups in total. The fraction of sp³-hybridized carbons (Fsp3) is 0.133. The minimum atomic E-state index is -1.09.